The molecule has 4 heteroatoms. The van der Waals surface area contributed by atoms with E-state index in [0.717, 1.165) is 31.5 Å². The van der Waals surface area contributed by atoms with Gasteiger partial charge in [0.05, 0.1) is 14.2 Å². The number of nitrogens with one attached hydrogen (secondary N) is 1. The molecule has 0 saturated carbocycles. The van der Waals surface area contributed by atoms with Crippen molar-refractivity contribution in [1.82, 2.24) is 5.32 Å². The van der Waals surface area contributed by atoms with Crippen molar-refractivity contribution in [3.63, 3.8) is 0 Å². The van der Waals surface area contributed by atoms with Crippen LogP contribution >= 0.6 is 0 Å². The highest BCUT2D eigenvalue weighted by Crippen LogP contribution is 2.36. The van der Waals surface area contributed by atoms with Crippen LogP contribution in [0.3, 0.4) is 0 Å². The Morgan fingerprint density at radius 2 is 2.00 bits per heavy atom. The lowest BCUT2D eigenvalue weighted by Gasteiger charge is -2.25. The van der Waals surface area contributed by atoms with Gasteiger partial charge in [-0.15, -0.1) is 0 Å². The molecule has 0 radical (unpaired) electrons. The van der Waals surface area contributed by atoms with Gasteiger partial charge in [0, 0.05) is 6.54 Å². The van der Waals surface area contributed by atoms with Crippen molar-refractivity contribution in [3.05, 3.63) is 23.3 Å². The van der Waals surface area contributed by atoms with Crippen LogP contribution in [0.1, 0.15) is 29.9 Å². The maximum absolute atomic E-state index is 13.2. The van der Waals surface area contributed by atoms with Crippen LogP contribution in [0.2, 0.25) is 0 Å². The smallest absolute Gasteiger partial charge is 0.161 e. The number of piperidine rings is 1. The van der Waals surface area contributed by atoms with Crippen molar-refractivity contribution in [2.75, 3.05) is 27.3 Å². The fourth-order valence-corrected chi connectivity index (χ4v) is 2.55. The Balaban J connectivity index is 2.37. The van der Waals surface area contributed by atoms with Gasteiger partial charge in [0.2, 0.25) is 0 Å². The third-order valence-electron chi connectivity index (χ3n) is 3.53. The van der Waals surface area contributed by atoms with E-state index < -0.39 is 6.67 Å². The van der Waals surface area contributed by atoms with E-state index in [9.17, 15) is 4.39 Å². The lowest BCUT2D eigenvalue weighted by molar-refractivity contribution is 0.351. The number of benzene rings is 1. The summed E-state index contributed by atoms with van der Waals surface area (Å²) in [5, 5.41) is 3.36. The van der Waals surface area contributed by atoms with Gasteiger partial charge in [-0.2, -0.15) is 0 Å². The fourth-order valence-electron chi connectivity index (χ4n) is 2.55. The summed E-state index contributed by atoms with van der Waals surface area (Å²) in [6.45, 7) is 1.49. The molecule has 1 fully saturated rings. The number of ether oxygens (including phenoxy) is 2. The Kier molecular flexibility index (Phi) is 4.42. The molecule has 0 aromatic heterocycles. The molecular formula is C14H20FNO2. The monoisotopic (exact) mass is 253 g/mol. The molecule has 1 aromatic rings. The molecule has 0 bridgehead atoms. The van der Waals surface area contributed by atoms with E-state index in [4.69, 9.17) is 9.47 Å². The summed E-state index contributed by atoms with van der Waals surface area (Å²) >= 11 is 0. The molecule has 18 heavy (non-hydrogen) atoms. The number of rotatable bonds is 4. The van der Waals surface area contributed by atoms with Crippen molar-refractivity contribution in [3.8, 4) is 11.5 Å². The van der Waals surface area contributed by atoms with Gasteiger partial charge in [-0.3, -0.25) is 0 Å². The Morgan fingerprint density at radius 3 is 2.56 bits per heavy atom. The van der Waals surface area contributed by atoms with Gasteiger partial charge in [0.25, 0.3) is 0 Å². The van der Waals surface area contributed by atoms with Crippen molar-refractivity contribution >= 4 is 0 Å². The minimum atomic E-state index is -0.466. The van der Waals surface area contributed by atoms with E-state index in [2.05, 4.69) is 5.32 Å². The molecule has 0 spiro atoms. The van der Waals surface area contributed by atoms with Crippen LogP contribution < -0.4 is 14.8 Å². The molecule has 0 amide bonds. The third kappa shape index (κ3) is 2.58. The minimum absolute atomic E-state index is 0.365. The van der Waals surface area contributed by atoms with Crippen LogP contribution in [0, 0.1) is 0 Å². The predicted octanol–water partition coefficient (Wildman–Crippen LogP) is 2.64. The molecule has 1 aliphatic heterocycles. The van der Waals surface area contributed by atoms with Crippen molar-refractivity contribution < 1.29 is 13.9 Å². The van der Waals surface area contributed by atoms with E-state index in [1.54, 1.807) is 20.3 Å². The first-order valence-corrected chi connectivity index (χ1v) is 6.31. The number of alkyl halides is 1. The summed E-state index contributed by atoms with van der Waals surface area (Å²) in [6, 6.07) is 3.67. The van der Waals surface area contributed by atoms with Gasteiger partial charge >= 0.3 is 0 Å². The first-order valence-electron chi connectivity index (χ1n) is 6.31. The molecule has 0 aliphatic carbocycles. The van der Waals surface area contributed by atoms with Gasteiger partial charge in [-0.1, -0.05) is 0 Å². The summed E-state index contributed by atoms with van der Waals surface area (Å²) in [5.74, 6) is 1.64. The first-order chi connectivity index (χ1) is 8.80. The highest BCUT2D eigenvalue weighted by Gasteiger charge is 2.20. The number of halogens is 1. The quantitative estimate of drug-likeness (QED) is 0.894. The molecule has 1 saturated heterocycles. The second-order valence-electron chi connectivity index (χ2n) is 4.58. The predicted molar refractivity (Wildman–Crippen MR) is 69.2 cm³/mol. The Bertz CT molecular complexity index is 403. The highest BCUT2D eigenvalue weighted by atomic mass is 19.1. The zero-order valence-corrected chi connectivity index (χ0v) is 11.0. The molecule has 3 nitrogen and oxygen atoms in total. The van der Waals surface area contributed by atoms with Crippen LogP contribution in [0.5, 0.6) is 11.5 Å². The lowest BCUT2D eigenvalue weighted by Crippen LogP contribution is -2.28. The topological polar surface area (TPSA) is 30.5 Å². The average Bonchev–Trinajstić information content (AvgIpc) is 2.46. The van der Waals surface area contributed by atoms with E-state index in [-0.39, 0.29) is 0 Å². The van der Waals surface area contributed by atoms with Gasteiger partial charge in [0.15, 0.2) is 11.5 Å². The largest absolute Gasteiger partial charge is 0.493 e. The van der Waals surface area contributed by atoms with E-state index in [1.165, 1.54) is 0 Å². The van der Waals surface area contributed by atoms with Crippen LogP contribution in [0.15, 0.2) is 12.1 Å². The second kappa shape index (κ2) is 6.05. The van der Waals surface area contributed by atoms with Crippen LogP contribution in [-0.2, 0) is 6.67 Å². The lowest BCUT2D eigenvalue weighted by atomic mass is 9.88. The van der Waals surface area contributed by atoms with E-state index in [0.29, 0.717) is 23.0 Å². The normalized spacial score (nSPS) is 19.6. The van der Waals surface area contributed by atoms with Gasteiger partial charge < -0.3 is 14.8 Å². The maximum Gasteiger partial charge on any atom is 0.161 e. The molecule has 1 heterocycles. The summed E-state index contributed by atoms with van der Waals surface area (Å²) in [6.07, 6.45) is 2.22. The van der Waals surface area contributed by atoms with Crippen molar-refractivity contribution in [1.29, 1.82) is 0 Å². The van der Waals surface area contributed by atoms with Crippen LogP contribution in [0.4, 0.5) is 4.39 Å². The van der Waals surface area contributed by atoms with Gasteiger partial charge in [-0.05, 0) is 48.6 Å². The molecule has 1 N–H and O–H groups in total. The number of hydrogen-bond donors (Lipinski definition) is 1. The summed E-state index contributed by atoms with van der Waals surface area (Å²) in [4.78, 5) is 0. The highest BCUT2D eigenvalue weighted by molar-refractivity contribution is 5.48. The molecule has 2 rings (SSSR count). The molecule has 1 unspecified atom stereocenters. The minimum Gasteiger partial charge on any atom is -0.493 e. The number of hydrogen-bond acceptors (Lipinski definition) is 3. The SMILES string of the molecule is COc1cc(CF)c(C2CCCNC2)cc1OC. The van der Waals surface area contributed by atoms with Gasteiger partial charge in [-0.25, -0.2) is 4.39 Å². The summed E-state index contributed by atoms with van der Waals surface area (Å²) in [7, 11) is 3.18. The number of methoxy groups -OCH3 is 2. The Labute approximate surface area is 107 Å². The first kappa shape index (κ1) is 13.1. The summed E-state index contributed by atoms with van der Waals surface area (Å²) < 4.78 is 23.7. The van der Waals surface area contributed by atoms with Gasteiger partial charge in [0.1, 0.15) is 6.67 Å². The molecular weight excluding hydrogens is 233 g/mol. The fraction of sp³-hybridized carbons (Fsp3) is 0.571. The average molecular weight is 253 g/mol. The summed E-state index contributed by atoms with van der Waals surface area (Å²) in [5.41, 5.74) is 1.75. The third-order valence-corrected chi connectivity index (χ3v) is 3.53. The van der Waals surface area contributed by atoms with E-state index in [1.807, 2.05) is 6.07 Å². The van der Waals surface area contributed by atoms with Crippen LogP contribution in [0.25, 0.3) is 0 Å². The standard InChI is InChI=1S/C14H20FNO2/c1-17-13-6-11(8-15)12(7-14(13)18-2)10-4-3-5-16-9-10/h6-7,10,16H,3-5,8-9H2,1-2H3. The Morgan fingerprint density at radius 1 is 1.28 bits per heavy atom. The zero-order valence-electron chi connectivity index (χ0n) is 11.0. The molecule has 1 aromatic carbocycles. The van der Waals surface area contributed by atoms with Crippen molar-refractivity contribution in [2.45, 2.75) is 25.4 Å². The molecule has 100 valence electrons. The molecule has 1 atom stereocenters. The molecule has 1 aliphatic rings. The van der Waals surface area contributed by atoms with Crippen LogP contribution in [-0.4, -0.2) is 27.3 Å². The Hall–Kier alpha value is -1.29. The zero-order chi connectivity index (χ0) is 13.0. The second-order valence-corrected chi connectivity index (χ2v) is 4.58. The van der Waals surface area contributed by atoms with Crippen molar-refractivity contribution in [2.24, 2.45) is 0 Å². The maximum atomic E-state index is 13.2. The van der Waals surface area contributed by atoms with E-state index >= 15 is 0 Å².